The highest BCUT2D eigenvalue weighted by molar-refractivity contribution is 6.06. The van der Waals surface area contributed by atoms with Crippen molar-refractivity contribution >= 4 is 17.6 Å². The number of carbonyl (C=O) groups excluding carboxylic acids is 2. The Kier molecular flexibility index (Phi) is 6.50. The molecule has 8 nitrogen and oxygen atoms in total. The molecule has 1 aliphatic rings. The predicted octanol–water partition coefficient (Wildman–Crippen LogP) is 2.90. The first-order valence-electron chi connectivity index (χ1n) is 9.69. The molecule has 0 radical (unpaired) electrons. The third kappa shape index (κ3) is 3.76. The topological polar surface area (TPSA) is 115 Å². The van der Waals surface area contributed by atoms with Crippen LogP contribution in [-0.4, -0.2) is 33.3 Å². The molecular weight excluding hydrogens is 410 g/mol. The van der Waals surface area contributed by atoms with Gasteiger partial charge in [-0.3, -0.25) is 4.90 Å². The molecule has 32 heavy (non-hydrogen) atoms. The molecule has 1 heterocycles. The normalized spacial score (nSPS) is 15.8. The van der Waals surface area contributed by atoms with Gasteiger partial charge in [0.1, 0.15) is 17.3 Å². The third-order valence-corrected chi connectivity index (χ3v) is 5.22. The summed E-state index contributed by atoms with van der Waals surface area (Å²) in [6.45, 7) is 1.91. The van der Waals surface area contributed by atoms with Crippen molar-refractivity contribution in [2.45, 2.75) is 12.8 Å². The van der Waals surface area contributed by atoms with Crippen molar-refractivity contribution in [1.82, 2.24) is 0 Å². The molecule has 1 unspecified atom stereocenters. The maximum absolute atomic E-state index is 13.1. The second-order valence-electron chi connectivity index (χ2n) is 7.00. The van der Waals surface area contributed by atoms with Crippen LogP contribution in [0.25, 0.3) is 0 Å². The van der Waals surface area contributed by atoms with Crippen LogP contribution in [0.2, 0.25) is 0 Å². The van der Waals surface area contributed by atoms with E-state index in [0.29, 0.717) is 17.0 Å². The predicted molar refractivity (Wildman–Crippen MR) is 117 cm³/mol. The zero-order valence-electron chi connectivity index (χ0n) is 18.2. The van der Waals surface area contributed by atoms with Gasteiger partial charge >= 0.3 is 11.9 Å². The molecule has 0 saturated carbocycles. The van der Waals surface area contributed by atoms with Crippen LogP contribution in [-0.2, 0) is 19.1 Å². The fraction of sp³-hybridized carbons (Fsp3) is 0.208. The lowest BCUT2D eigenvalue weighted by Gasteiger charge is -2.36. The van der Waals surface area contributed by atoms with Gasteiger partial charge in [-0.15, -0.1) is 0 Å². The molecule has 1 atom stereocenters. The average molecular weight is 433 g/mol. The Morgan fingerprint density at radius 1 is 1.00 bits per heavy atom. The molecule has 0 amide bonds. The Labute approximate surface area is 186 Å². The molecule has 1 aliphatic heterocycles. The summed E-state index contributed by atoms with van der Waals surface area (Å²) >= 11 is 0. The van der Waals surface area contributed by atoms with Gasteiger partial charge in [-0.1, -0.05) is 35.9 Å². The molecule has 0 spiro atoms. The van der Waals surface area contributed by atoms with E-state index in [-0.39, 0.29) is 22.7 Å². The molecule has 0 aromatic heterocycles. The number of nitrogens with zero attached hydrogens (tertiary/aromatic N) is 2. The van der Waals surface area contributed by atoms with Crippen molar-refractivity contribution in [3.63, 3.8) is 0 Å². The first-order chi connectivity index (χ1) is 15.4. The summed E-state index contributed by atoms with van der Waals surface area (Å²) in [5, 5.41) is 10.1. The van der Waals surface area contributed by atoms with Gasteiger partial charge in [-0.2, -0.15) is 5.26 Å². The van der Waals surface area contributed by atoms with E-state index in [0.717, 1.165) is 5.56 Å². The molecule has 3 rings (SSSR count). The lowest BCUT2D eigenvalue weighted by Crippen LogP contribution is -2.40. The highest BCUT2D eigenvalue weighted by Gasteiger charge is 2.43. The molecule has 0 aliphatic carbocycles. The van der Waals surface area contributed by atoms with Gasteiger partial charge < -0.3 is 19.9 Å². The molecule has 0 saturated heterocycles. The molecule has 0 fully saturated rings. The number of nitriles is 1. The summed E-state index contributed by atoms with van der Waals surface area (Å²) in [5.74, 6) is -2.17. The highest BCUT2D eigenvalue weighted by Crippen LogP contribution is 2.45. The summed E-state index contributed by atoms with van der Waals surface area (Å²) in [6, 6.07) is 16.1. The quantitative estimate of drug-likeness (QED) is 0.716. The fourth-order valence-electron chi connectivity index (χ4n) is 3.71. The van der Waals surface area contributed by atoms with Gasteiger partial charge in [0, 0.05) is 11.3 Å². The summed E-state index contributed by atoms with van der Waals surface area (Å²) in [5.41, 5.74) is 8.28. The van der Waals surface area contributed by atoms with Crippen molar-refractivity contribution in [3.8, 4) is 11.8 Å². The maximum atomic E-state index is 13.1. The molecule has 2 N–H and O–H groups in total. The Morgan fingerprint density at radius 3 is 2.19 bits per heavy atom. The van der Waals surface area contributed by atoms with Crippen molar-refractivity contribution in [2.24, 2.45) is 5.73 Å². The minimum Gasteiger partial charge on any atom is -0.496 e. The standard InChI is InChI=1S/C24H23N3O5/c1-14-9-11-15(12-10-14)27-21(24(29)32-4)20(23(28)31-3)19(17(13-25)22(27)26)16-7-5-6-8-18(16)30-2/h5-12,19H,26H2,1-4H3. The summed E-state index contributed by atoms with van der Waals surface area (Å²) < 4.78 is 15.5. The van der Waals surface area contributed by atoms with Gasteiger partial charge in [0.15, 0.2) is 0 Å². The van der Waals surface area contributed by atoms with E-state index in [1.165, 1.54) is 26.2 Å². The number of esters is 2. The average Bonchev–Trinajstić information content (AvgIpc) is 2.82. The first-order valence-corrected chi connectivity index (χ1v) is 9.69. The third-order valence-electron chi connectivity index (χ3n) is 5.22. The molecule has 2 aromatic carbocycles. The Hall–Kier alpha value is -4.25. The number of nitrogens with two attached hydrogens (primary N) is 1. The van der Waals surface area contributed by atoms with E-state index in [1.807, 2.05) is 19.1 Å². The summed E-state index contributed by atoms with van der Waals surface area (Å²) in [6.07, 6.45) is 0. The number of ether oxygens (including phenoxy) is 3. The second-order valence-corrected chi connectivity index (χ2v) is 7.00. The number of hydrogen-bond donors (Lipinski definition) is 1. The lowest BCUT2D eigenvalue weighted by molar-refractivity contribution is -0.139. The number of methoxy groups -OCH3 is 3. The number of rotatable bonds is 5. The van der Waals surface area contributed by atoms with Gasteiger partial charge in [0.2, 0.25) is 0 Å². The molecule has 8 heteroatoms. The van der Waals surface area contributed by atoms with Crippen LogP contribution >= 0.6 is 0 Å². The van der Waals surface area contributed by atoms with Gasteiger partial charge in [0.05, 0.1) is 44.5 Å². The first kappa shape index (κ1) is 22.4. The SMILES string of the molecule is COC(=O)C1=C(C(=O)OC)N(c2ccc(C)cc2)C(N)=C(C#N)C1c1ccccc1OC. The lowest BCUT2D eigenvalue weighted by atomic mass is 9.80. The van der Waals surface area contributed by atoms with E-state index >= 15 is 0 Å². The van der Waals surface area contributed by atoms with Crippen molar-refractivity contribution < 1.29 is 23.8 Å². The van der Waals surface area contributed by atoms with Crippen LogP contribution in [0.4, 0.5) is 5.69 Å². The fourth-order valence-corrected chi connectivity index (χ4v) is 3.71. The number of allylic oxidation sites excluding steroid dienone is 1. The zero-order chi connectivity index (χ0) is 23.4. The number of para-hydroxylation sites is 1. The monoisotopic (exact) mass is 433 g/mol. The zero-order valence-corrected chi connectivity index (χ0v) is 18.2. The number of benzene rings is 2. The number of aryl methyl sites for hydroxylation is 1. The van der Waals surface area contributed by atoms with E-state index in [4.69, 9.17) is 19.9 Å². The molecule has 2 aromatic rings. The molecule has 164 valence electrons. The maximum Gasteiger partial charge on any atom is 0.355 e. The molecule has 0 bridgehead atoms. The van der Waals surface area contributed by atoms with E-state index < -0.39 is 17.9 Å². The smallest absolute Gasteiger partial charge is 0.355 e. The molecular formula is C24H23N3O5. The van der Waals surface area contributed by atoms with Gasteiger partial charge in [-0.05, 0) is 25.1 Å². The second kappa shape index (κ2) is 9.27. The van der Waals surface area contributed by atoms with Crippen LogP contribution in [0.5, 0.6) is 5.75 Å². The van der Waals surface area contributed by atoms with Crippen molar-refractivity contribution in [2.75, 3.05) is 26.2 Å². The van der Waals surface area contributed by atoms with Gasteiger partial charge in [-0.25, -0.2) is 9.59 Å². The van der Waals surface area contributed by atoms with E-state index in [1.54, 1.807) is 36.4 Å². The Balaban J connectivity index is 2.43. The minimum absolute atomic E-state index is 0.000289. The van der Waals surface area contributed by atoms with E-state index in [9.17, 15) is 14.9 Å². The van der Waals surface area contributed by atoms with Crippen LogP contribution in [0.3, 0.4) is 0 Å². The van der Waals surface area contributed by atoms with Crippen LogP contribution < -0.4 is 15.4 Å². The number of anilines is 1. The minimum atomic E-state index is -1.00. The van der Waals surface area contributed by atoms with Crippen LogP contribution in [0, 0.1) is 18.3 Å². The van der Waals surface area contributed by atoms with Crippen LogP contribution in [0.1, 0.15) is 17.0 Å². The van der Waals surface area contributed by atoms with Gasteiger partial charge in [0.25, 0.3) is 0 Å². The number of hydrogen-bond acceptors (Lipinski definition) is 8. The Bertz CT molecular complexity index is 1160. The van der Waals surface area contributed by atoms with Crippen molar-refractivity contribution in [3.05, 3.63) is 82.3 Å². The van der Waals surface area contributed by atoms with Crippen LogP contribution in [0.15, 0.2) is 71.2 Å². The van der Waals surface area contributed by atoms with E-state index in [2.05, 4.69) is 6.07 Å². The van der Waals surface area contributed by atoms with Crippen molar-refractivity contribution in [1.29, 1.82) is 5.26 Å². The largest absolute Gasteiger partial charge is 0.496 e. The Morgan fingerprint density at radius 2 is 1.62 bits per heavy atom. The summed E-state index contributed by atoms with van der Waals surface area (Å²) in [7, 11) is 3.88. The highest BCUT2D eigenvalue weighted by atomic mass is 16.5. The number of carbonyl (C=O) groups is 2. The summed E-state index contributed by atoms with van der Waals surface area (Å²) in [4.78, 5) is 27.4.